The number of rotatable bonds is 5. The number of nitrogens with one attached hydrogen (secondary N) is 1. The standard InChI is InChI=1S/C19H17F3N4O/c1-2-23-18(27)12-26-10-9-16(25-26)14-6-3-5-13(11-14)15-7-4-8-17(24-15)19(20,21)22/h3-11H,2,12H2,1H3,(H,23,27). The normalized spacial score (nSPS) is 11.4. The average Bonchev–Trinajstić information content (AvgIpc) is 3.10. The van der Waals surface area contributed by atoms with Gasteiger partial charge < -0.3 is 5.32 Å². The van der Waals surface area contributed by atoms with Crippen molar-refractivity contribution in [3.05, 3.63) is 60.4 Å². The van der Waals surface area contributed by atoms with Crippen LogP contribution in [-0.4, -0.2) is 27.2 Å². The highest BCUT2D eigenvalue weighted by Crippen LogP contribution is 2.30. The van der Waals surface area contributed by atoms with Gasteiger partial charge in [-0.25, -0.2) is 4.98 Å². The summed E-state index contributed by atoms with van der Waals surface area (Å²) in [5.41, 5.74) is 1.19. The SMILES string of the molecule is CCNC(=O)Cn1ccc(-c2cccc(-c3cccc(C(F)(F)F)n3)c2)n1. The quantitative estimate of drug-likeness (QED) is 0.740. The van der Waals surface area contributed by atoms with Gasteiger partial charge in [0, 0.05) is 23.9 Å². The molecule has 2 heterocycles. The lowest BCUT2D eigenvalue weighted by molar-refractivity contribution is -0.141. The second-order valence-electron chi connectivity index (χ2n) is 5.84. The third-order valence-corrected chi connectivity index (χ3v) is 3.81. The number of pyridine rings is 1. The maximum Gasteiger partial charge on any atom is 0.433 e. The Labute approximate surface area is 153 Å². The molecule has 140 valence electrons. The largest absolute Gasteiger partial charge is 0.433 e. The molecule has 2 aromatic heterocycles. The molecule has 3 rings (SSSR count). The molecule has 1 aromatic carbocycles. The first-order valence-corrected chi connectivity index (χ1v) is 8.32. The van der Waals surface area contributed by atoms with Crippen molar-refractivity contribution in [3.63, 3.8) is 0 Å². The van der Waals surface area contributed by atoms with Crippen LogP contribution in [0.5, 0.6) is 0 Å². The van der Waals surface area contributed by atoms with Crippen LogP contribution in [0.25, 0.3) is 22.5 Å². The van der Waals surface area contributed by atoms with Gasteiger partial charge in [-0.05, 0) is 31.2 Å². The van der Waals surface area contributed by atoms with Crippen molar-refractivity contribution in [2.24, 2.45) is 0 Å². The van der Waals surface area contributed by atoms with Gasteiger partial charge in [0.25, 0.3) is 0 Å². The average molecular weight is 374 g/mol. The van der Waals surface area contributed by atoms with E-state index in [2.05, 4.69) is 15.4 Å². The van der Waals surface area contributed by atoms with Crippen LogP contribution in [0.4, 0.5) is 13.2 Å². The summed E-state index contributed by atoms with van der Waals surface area (Å²) in [7, 11) is 0. The fraction of sp³-hybridized carbons (Fsp3) is 0.211. The number of carbonyl (C=O) groups excluding carboxylic acids is 1. The molecule has 0 spiro atoms. The molecule has 0 aliphatic heterocycles. The number of amides is 1. The van der Waals surface area contributed by atoms with Crippen LogP contribution in [0.2, 0.25) is 0 Å². The summed E-state index contributed by atoms with van der Waals surface area (Å²) >= 11 is 0. The van der Waals surface area contributed by atoms with Gasteiger partial charge >= 0.3 is 6.18 Å². The first kappa shape index (κ1) is 18.6. The number of likely N-dealkylation sites (N-methyl/N-ethyl adjacent to an activating group) is 1. The van der Waals surface area contributed by atoms with E-state index in [1.807, 2.05) is 6.92 Å². The van der Waals surface area contributed by atoms with Crippen LogP contribution >= 0.6 is 0 Å². The molecule has 0 saturated carbocycles. The third kappa shape index (κ3) is 4.52. The Balaban J connectivity index is 1.87. The Morgan fingerprint density at radius 2 is 1.78 bits per heavy atom. The Bertz CT molecular complexity index is 950. The van der Waals surface area contributed by atoms with Crippen molar-refractivity contribution in [2.75, 3.05) is 6.54 Å². The van der Waals surface area contributed by atoms with Crippen molar-refractivity contribution in [1.29, 1.82) is 0 Å². The molecule has 0 radical (unpaired) electrons. The maximum atomic E-state index is 12.9. The Morgan fingerprint density at radius 3 is 2.48 bits per heavy atom. The van der Waals surface area contributed by atoms with Crippen molar-refractivity contribution in [2.45, 2.75) is 19.6 Å². The molecule has 8 heteroatoms. The first-order chi connectivity index (χ1) is 12.9. The highest BCUT2D eigenvalue weighted by Gasteiger charge is 2.32. The lowest BCUT2D eigenvalue weighted by atomic mass is 10.1. The van der Waals surface area contributed by atoms with Crippen molar-refractivity contribution >= 4 is 5.91 Å². The zero-order chi connectivity index (χ0) is 19.4. The highest BCUT2D eigenvalue weighted by molar-refractivity contribution is 5.75. The summed E-state index contributed by atoms with van der Waals surface area (Å²) in [5, 5.41) is 7.04. The number of nitrogens with zero attached hydrogens (tertiary/aromatic N) is 3. The maximum absolute atomic E-state index is 12.9. The van der Waals surface area contributed by atoms with Crippen LogP contribution in [0.3, 0.4) is 0 Å². The fourth-order valence-corrected chi connectivity index (χ4v) is 2.60. The van der Waals surface area contributed by atoms with Gasteiger partial charge in [0.1, 0.15) is 12.2 Å². The van der Waals surface area contributed by atoms with Gasteiger partial charge in [0.15, 0.2) is 0 Å². The van der Waals surface area contributed by atoms with E-state index in [0.29, 0.717) is 17.8 Å². The first-order valence-electron chi connectivity index (χ1n) is 8.32. The lowest BCUT2D eigenvalue weighted by Crippen LogP contribution is -2.27. The number of halogens is 3. The third-order valence-electron chi connectivity index (χ3n) is 3.81. The summed E-state index contributed by atoms with van der Waals surface area (Å²) in [6, 6.07) is 12.5. The Morgan fingerprint density at radius 1 is 1.07 bits per heavy atom. The molecule has 0 aliphatic rings. The Hall–Kier alpha value is -3.16. The number of alkyl halides is 3. The number of hydrogen-bond donors (Lipinski definition) is 1. The second-order valence-corrected chi connectivity index (χ2v) is 5.84. The molecule has 27 heavy (non-hydrogen) atoms. The highest BCUT2D eigenvalue weighted by atomic mass is 19.4. The zero-order valence-electron chi connectivity index (χ0n) is 14.5. The molecule has 1 amide bonds. The predicted octanol–water partition coefficient (Wildman–Crippen LogP) is 3.77. The molecule has 0 bridgehead atoms. The van der Waals surface area contributed by atoms with E-state index >= 15 is 0 Å². The van der Waals surface area contributed by atoms with Gasteiger partial charge in [0.2, 0.25) is 5.91 Å². The van der Waals surface area contributed by atoms with E-state index in [-0.39, 0.29) is 18.1 Å². The van der Waals surface area contributed by atoms with E-state index in [0.717, 1.165) is 11.6 Å². The van der Waals surface area contributed by atoms with Crippen LogP contribution in [0.1, 0.15) is 12.6 Å². The second kappa shape index (κ2) is 7.61. The summed E-state index contributed by atoms with van der Waals surface area (Å²) in [4.78, 5) is 15.3. The van der Waals surface area contributed by atoms with Crippen LogP contribution in [0.15, 0.2) is 54.7 Å². The van der Waals surface area contributed by atoms with Crippen molar-refractivity contribution in [3.8, 4) is 22.5 Å². The molecule has 5 nitrogen and oxygen atoms in total. The van der Waals surface area contributed by atoms with Gasteiger partial charge in [-0.1, -0.05) is 24.3 Å². The minimum absolute atomic E-state index is 0.0999. The summed E-state index contributed by atoms with van der Waals surface area (Å²) in [6.07, 6.45) is -2.81. The molecule has 0 unspecified atom stereocenters. The lowest BCUT2D eigenvalue weighted by Gasteiger charge is -2.08. The molecule has 0 aliphatic carbocycles. The minimum Gasteiger partial charge on any atom is -0.355 e. The predicted molar refractivity (Wildman–Crippen MR) is 94.6 cm³/mol. The topological polar surface area (TPSA) is 59.8 Å². The fourth-order valence-electron chi connectivity index (χ4n) is 2.60. The number of benzene rings is 1. The molecule has 0 atom stereocenters. The summed E-state index contributed by atoms with van der Waals surface area (Å²) in [5.74, 6) is -0.144. The number of hydrogen-bond acceptors (Lipinski definition) is 3. The molecule has 3 aromatic rings. The molecule has 0 saturated heterocycles. The van der Waals surface area contributed by atoms with Gasteiger partial charge in [-0.3, -0.25) is 9.48 Å². The van der Waals surface area contributed by atoms with E-state index in [1.165, 1.54) is 16.8 Å². The minimum atomic E-state index is -4.49. The Kier molecular flexibility index (Phi) is 5.25. The van der Waals surface area contributed by atoms with Gasteiger partial charge in [-0.2, -0.15) is 18.3 Å². The zero-order valence-corrected chi connectivity index (χ0v) is 14.5. The molecular formula is C19H17F3N4O. The van der Waals surface area contributed by atoms with E-state index in [9.17, 15) is 18.0 Å². The van der Waals surface area contributed by atoms with Crippen molar-refractivity contribution in [1.82, 2.24) is 20.1 Å². The van der Waals surface area contributed by atoms with Crippen LogP contribution in [0, 0.1) is 0 Å². The van der Waals surface area contributed by atoms with E-state index < -0.39 is 11.9 Å². The van der Waals surface area contributed by atoms with E-state index in [1.54, 1.807) is 36.5 Å². The number of carbonyl (C=O) groups is 1. The van der Waals surface area contributed by atoms with Gasteiger partial charge in [0.05, 0.1) is 11.4 Å². The van der Waals surface area contributed by atoms with E-state index in [4.69, 9.17) is 0 Å². The molecule has 1 N–H and O–H groups in total. The smallest absolute Gasteiger partial charge is 0.355 e. The summed E-state index contributed by atoms with van der Waals surface area (Å²) in [6.45, 7) is 2.47. The van der Waals surface area contributed by atoms with Crippen LogP contribution in [-0.2, 0) is 17.5 Å². The van der Waals surface area contributed by atoms with Gasteiger partial charge in [-0.15, -0.1) is 0 Å². The number of aromatic nitrogens is 3. The monoisotopic (exact) mass is 374 g/mol. The van der Waals surface area contributed by atoms with Crippen LogP contribution < -0.4 is 5.32 Å². The molecule has 0 fully saturated rings. The summed E-state index contributed by atoms with van der Waals surface area (Å²) < 4.78 is 40.2. The van der Waals surface area contributed by atoms with Crippen molar-refractivity contribution < 1.29 is 18.0 Å². The molecular weight excluding hydrogens is 357 g/mol.